The Labute approximate surface area is 230 Å². The van der Waals surface area contributed by atoms with Crippen molar-refractivity contribution in [2.24, 2.45) is 0 Å². The van der Waals surface area contributed by atoms with Gasteiger partial charge in [-0.2, -0.15) is 0 Å². The van der Waals surface area contributed by atoms with E-state index in [4.69, 9.17) is 4.74 Å². The molecule has 0 radical (unpaired) electrons. The van der Waals surface area contributed by atoms with Gasteiger partial charge < -0.3 is 9.64 Å². The lowest BCUT2D eigenvalue weighted by atomic mass is 9.88. The summed E-state index contributed by atoms with van der Waals surface area (Å²) in [4.78, 5) is 5.22. The van der Waals surface area contributed by atoms with Gasteiger partial charge in [0.05, 0.1) is 0 Å². The monoisotopic (exact) mass is 508 g/mol. The van der Waals surface area contributed by atoms with E-state index in [0.29, 0.717) is 0 Å². The van der Waals surface area contributed by atoms with Crippen LogP contribution in [0, 0.1) is 0 Å². The molecule has 2 aliphatic rings. The molecule has 200 valence electrons. The molecule has 0 amide bonds. The van der Waals surface area contributed by atoms with Gasteiger partial charge in [0.15, 0.2) is 6.23 Å². The highest BCUT2D eigenvalue weighted by molar-refractivity contribution is 5.98. The Morgan fingerprint density at radius 3 is 1.82 bits per heavy atom. The van der Waals surface area contributed by atoms with E-state index in [1.165, 1.54) is 79.5 Å². The quantitative estimate of drug-likeness (QED) is 0.257. The maximum atomic E-state index is 6.74. The smallest absolute Gasteiger partial charge is 0.153 e. The first-order chi connectivity index (χ1) is 18.8. The molecule has 5 rings (SSSR count). The summed E-state index contributed by atoms with van der Waals surface area (Å²) in [6, 6.07) is 30.5. The molecule has 0 aliphatic carbocycles. The average Bonchev–Trinajstić information content (AvgIpc) is 3.00. The van der Waals surface area contributed by atoms with Gasteiger partial charge in [-0.3, -0.25) is 4.90 Å². The van der Waals surface area contributed by atoms with Gasteiger partial charge in [-0.1, -0.05) is 92.6 Å². The second-order valence-corrected chi connectivity index (χ2v) is 10.8. The highest BCUT2D eigenvalue weighted by atomic mass is 16.5. The number of piperidine rings is 2. The van der Waals surface area contributed by atoms with Gasteiger partial charge in [0, 0.05) is 26.1 Å². The van der Waals surface area contributed by atoms with Gasteiger partial charge in [0.1, 0.15) is 5.75 Å². The molecule has 2 heterocycles. The van der Waals surface area contributed by atoms with E-state index in [-0.39, 0.29) is 6.23 Å². The molecule has 3 heteroatoms. The molecule has 3 nitrogen and oxygen atoms in total. The Morgan fingerprint density at radius 1 is 0.658 bits per heavy atom. The van der Waals surface area contributed by atoms with Gasteiger partial charge in [0.2, 0.25) is 0 Å². The number of hydrogen-bond acceptors (Lipinski definition) is 3. The molecule has 0 aromatic heterocycles. The molecule has 2 fully saturated rings. The molecule has 0 spiro atoms. The second kappa shape index (κ2) is 13.8. The van der Waals surface area contributed by atoms with Gasteiger partial charge >= 0.3 is 0 Å². The summed E-state index contributed by atoms with van der Waals surface area (Å²) in [5.74, 6) is 0.980. The van der Waals surface area contributed by atoms with Crippen LogP contribution in [0.25, 0.3) is 11.1 Å². The van der Waals surface area contributed by atoms with Crippen LogP contribution in [0.5, 0.6) is 5.75 Å². The first kappa shape index (κ1) is 26.7. The molecule has 3 aromatic carbocycles. The van der Waals surface area contributed by atoms with Crippen LogP contribution in [0.1, 0.15) is 75.0 Å². The van der Waals surface area contributed by atoms with E-state index in [9.17, 15) is 0 Å². The number of rotatable bonds is 10. The van der Waals surface area contributed by atoms with Crippen molar-refractivity contribution in [3.05, 3.63) is 102 Å². The first-order valence-electron chi connectivity index (χ1n) is 14.9. The fourth-order valence-corrected chi connectivity index (χ4v) is 6.14. The highest BCUT2D eigenvalue weighted by Crippen LogP contribution is 2.35. The molecule has 2 saturated heterocycles. The summed E-state index contributed by atoms with van der Waals surface area (Å²) in [6.07, 6.45) is 10.2. The number of nitrogens with zero attached hydrogens (tertiary/aromatic N) is 2. The van der Waals surface area contributed by atoms with Crippen LogP contribution in [0.4, 0.5) is 0 Å². The lowest BCUT2D eigenvalue weighted by molar-refractivity contribution is -0.000962. The van der Waals surface area contributed by atoms with Crippen molar-refractivity contribution in [3.63, 3.8) is 0 Å². The minimum Gasteiger partial charge on any atom is -0.475 e. The molecule has 0 N–H and O–H groups in total. The van der Waals surface area contributed by atoms with Crippen molar-refractivity contribution >= 4 is 11.1 Å². The van der Waals surface area contributed by atoms with Crippen molar-refractivity contribution in [2.75, 3.05) is 32.7 Å². The van der Waals surface area contributed by atoms with Crippen molar-refractivity contribution < 1.29 is 4.74 Å². The Hall–Kier alpha value is -2.88. The fraction of sp³-hybridized carbons (Fsp3) is 0.429. The van der Waals surface area contributed by atoms with Crippen LogP contribution >= 0.6 is 0 Å². The predicted octanol–water partition coefficient (Wildman–Crippen LogP) is 8.12. The molecule has 1 atom stereocenters. The molecular weight excluding hydrogens is 464 g/mol. The third-order valence-electron chi connectivity index (χ3n) is 8.19. The Balaban J connectivity index is 1.39. The fourth-order valence-electron chi connectivity index (χ4n) is 6.14. The lowest BCUT2D eigenvalue weighted by Crippen LogP contribution is -2.45. The van der Waals surface area contributed by atoms with E-state index >= 15 is 0 Å². The topological polar surface area (TPSA) is 15.7 Å². The number of ether oxygens (including phenoxy) is 1. The summed E-state index contributed by atoms with van der Waals surface area (Å²) in [5, 5.41) is 0. The van der Waals surface area contributed by atoms with Crippen LogP contribution < -0.4 is 4.74 Å². The molecule has 2 aliphatic heterocycles. The third-order valence-corrected chi connectivity index (χ3v) is 8.19. The number of benzene rings is 3. The van der Waals surface area contributed by atoms with Gasteiger partial charge in [-0.15, -0.1) is 0 Å². The molecule has 0 saturated carbocycles. The number of likely N-dealkylation sites (tertiary alicyclic amines) is 2. The number of allylic oxidation sites excluding steroid dienone is 1. The van der Waals surface area contributed by atoms with Gasteiger partial charge in [-0.05, 0) is 85.2 Å². The second-order valence-electron chi connectivity index (χ2n) is 10.8. The number of hydrogen-bond donors (Lipinski definition) is 0. The zero-order valence-corrected chi connectivity index (χ0v) is 23.2. The Kier molecular flexibility index (Phi) is 9.69. The molecule has 0 bridgehead atoms. The third kappa shape index (κ3) is 6.95. The normalized spacial score (nSPS) is 18.6. The van der Waals surface area contributed by atoms with Crippen molar-refractivity contribution in [1.82, 2.24) is 9.80 Å². The van der Waals surface area contributed by atoms with Crippen LogP contribution in [0.2, 0.25) is 0 Å². The van der Waals surface area contributed by atoms with E-state index in [2.05, 4.69) is 102 Å². The van der Waals surface area contributed by atoms with E-state index in [1.54, 1.807) is 0 Å². The predicted molar refractivity (Wildman–Crippen MR) is 160 cm³/mol. The molecule has 1 unspecified atom stereocenters. The minimum absolute atomic E-state index is 0.155. The lowest BCUT2D eigenvalue weighted by Gasteiger charge is -2.36. The van der Waals surface area contributed by atoms with Gasteiger partial charge in [0.25, 0.3) is 0 Å². The summed E-state index contributed by atoms with van der Waals surface area (Å²) < 4.78 is 6.74. The summed E-state index contributed by atoms with van der Waals surface area (Å²) in [5.41, 5.74) is 6.47. The Bertz CT molecular complexity index is 1130. The SMILES string of the molecule is CCC(=C(c1ccccc1)c1ccc(OC(CCN2CCCCC2)N2CCCCC2)cc1)c1ccccc1. The molecular formula is C35H44N2O. The summed E-state index contributed by atoms with van der Waals surface area (Å²) in [6.45, 7) is 8.20. The summed E-state index contributed by atoms with van der Waals surface area (Å²) >= 11 is 0. The largest absolute Gasteiger partial charge is 0.475 e. The van der Waals surface area contributed by atoms with E-state index < -0.39 is 0 Å². The van der Waals surface area contributed by atoms with Crippen molar-refractivity contribution in [1.29, 1.82) is 0 Å². The van der Waals surface area contributed by atoms with E-state index in [1.807, 2.05) is 0 Å². The van der Waals surface area contributed by atoms with Crippen LogP contribution in [0.15, 0.2) is 84.9 Å². The maximum Gasteiger partial charge on any atom is 0.153 e. The minimum atomic E-state index is 0.155. The van der Waals surface area contributed by atoms with Crippen molar-refractivity contribution in [2.45, 2.75) is 64.5 Å². The van der Waals surface area contributed by atoms with E-state index in [0.717, 1.165) is 38.2 Å². The molecule has 38 heavy (non-hydrogen) atoms. The highest BCUT2D eigenvalue weighted by Gasteiger charge is 2.24. The zero-order chi connectivity index (χ0) is 26.0. The summed E-state index contributed by atoms with van der Waals surface area (Å²) in [7, 11) is 0. The maximum absolute atomic E-state index is 6.74. The Morgan fingerprint density at radius 2 is 1.21 bits per heavy atom. The molecule has 3 aromatic rings. The van der Waals surface area contributed by atoms with Crippen molar-refractivity contribution in [3.8, 4) is 5.75 Å². The van der Waals surface area contributed by atoms with Crippen LogP contribution in [0.3, 0.4) is 0 Å². The first-order valence-corrected chi connectivity index (χ1v) is 14.9. The zero-order valence-electron chi connectivity index (χ0n) is 23.2. The average molecular weight is 509 g/mol. The van der Waals surface area contributed by atoms with Crippen LogP contribution in [-0.4, -0.2) is 48.8 Å². The van der Waals surface area contributed by atoms with Crippen LogP contribution in [-0.2, 0) is 0 Å². The van der Waals surface area contributed by atoms with Gasteiger partial charge in [-0.25, -0.2) is 0 Å². The standard InChI is InChI=1S/C35H44N2O/c1-2-33(29-15-7-3-8-16-29)35(30-17-9-4-10-18-30)31-19-21-32(22-20-31)38-34(37-26-13-6-14-27-37)23-28-36-24-11-5-12-25-36/h3-4,7-10,15-22,34H,2,5-6,11-14,23-28H2,1H3.